The summed E-state index contributed by atoms with van der Waals surface area (Å²) < 4.78 is 0. The molecule has 0 aromatic heterocycles. The topological polar surface area (TPSA) is 52.9 Å². The van der Waals surface area contributed by atoms with Crippen molar-refractivity contribution in [2.45, 2.75) is 13.5 Å². The average molecular weight is 172 g/mol. The van der Waals surface area contributed by atoms with E-state index < -0.39 is 0 Å². The number of fused-ring (bicyclic) bond motifs is 1. The van der Waals surface area contributed by atoms with Crippen LogP contribution in [0, 0.1) is 18.3 Å². The predicted octanol–water partition coefficient (Wildman–Crippen LogP) is 1.11. The number of carbonyl (C=O) groups excluding carboxylic acids is 1. The number of nitrogens with zero attached hydrogens (tertiary/aromatic N) is 1. The average Bonchev–Trinajstić information content (AvgIpc) is 2.50. The van der Waals surface area contributed by atoms with Crippen LogP contribution in [0.5, 0.6) is 0 Å². The molecule has 13 heavy (non-hydrogen) atoms. The molecule has 64 valence electrons. The monoisotopic (exact) mass is 172 g/mol. The van der Waals surface area contributed by atoms with Crippen molar-refractivity contribution in [1.82, 2.24) is 5.32 Å². The molecule has 0 saturated carbocycles. The van der Waals surface area contributed by atoms with Crippen molar-refractivity contribution in [3.8, 4) is 6.07 Å². The van der Waals surface area contributed by atoms with Gasteiger partial charge in [-0.3, -0.25) is 4.79 Å². The van der Waals surface area contributed by atoms with Gasteiger partial charge in [0.1, 0.15) is 0 Å². The van der Waals surface area contributed by atoms with Crippen molar-refractivity contribution in [2.24, 2.45) is 0 Å². The maximum absolute atomic E-state index is 11.3. The molecule has 1 heterocycles. The normalized spacial score (nSPS) is 13.4. The molecule has 1 aromatic rings. The Hall–Kier alpha value is -1.82. The summed E-state index contributed by atoms with van der Waals surface area (Å²) in [5, 5.41) is 11.5. The zero-order valence-electron chi connectivity index (χ0n) is 7.22. The highest BCUT2D eigenvalue weighted by molar-refractivity contribution is 6.00. The van der Waals surface area contributed by atoms with Gasteiger partial charge in [-0.25, -0.2) is 0 Å². The minimum atomic E-state index is -0.0652. The molecule has 0 unspecified atom stereocenters. The van der Waals surface area contributed by atoms with Gasteiger partial charge in [0, 0.05) is 17.7 Å². The van der Waals surface area contributed by atoms with Crippen molar-refractivity contribution < 1.29 is 4.79 Å². The highest BCUT2D eigenvalue weighted by Gasteiger charge is 2.23. The van der Waals surface area contributed by atoms with Gasteiger partial charge >= 0.3 is 0 Å². The first-order valence-electron chi connectivity index (χ1n) is 4.05. The highest BCUT2D eigenvalue weighted by atomic mass is 16.1. The van der Waals surface area contributed by atoms with E-state index in [1.807, 2.05) is 13.0 Å². The molecule has 0 bridgehead atoms. The number of nitriles is 1. The molecule has 1 aliphatic rings. The molecule has 1 aliphatic heterocycles. The minimum absolute atomic E-state index is 0.0652. The number of hydrogen-bond donors (Lipinski definition) is 1. The van der Waals surface area contributed by atoms with Crippen molar-refractivity contribution in [3.05, 3.63) is 34.4 Å². The molecule has 0 radical (unpaired) electrons. The number of benzene rings is 1. The maximum atomic E-state index is 11.3. The Kier molecular flexibility index (Phi) is 1.56. The SMILES string of the molecule is Cc1ccc(C#N)c2c1C(=O)NC2. The van der Waals surface area contributed by atoms with Gasteiger partial charge in [-0.2, -0.15) is 5.26 Å². The summed E-state index contributed by atoms with van der Waals surface area (Å²) >= 11 is 0. The zero-order valence-corrected chi connectivity index (χ0v) is 7.22. The van der Waals surface area contributed by atoms with Crippen LogP contribution in [-0.2, 0) is 6.54 Å². The van der Waals surface area contributed by atoms with Crippen LogP contribution in [-0.4, -0.2) is 5.91 Å². The van der Waals surface area contributed by atoms with Gasteiger partial charge in [0.2, 0.25) is 0 Å². The van der Waals surface area contributed by atoms with Crippen molar-refractivity contribution >= 4 is 5.91 Å². The Balaban J connectivity index is 2.74. The maximum Gasteiger partial charge on any atom is 0.252 e. The van der Waals surface area contributed by atoms with Crippen molar-refractivity contribution in [3.63, 3.8) is 0 Å². The highest BCUT2D eigenvalue weighted by Crippen LogP contribution is 2.22. The molecule has 1 amide bonds. The van der Waals surface area contributed by atoms with Crippen LogP contribution in [0.4, 0.5) is 0 Å². The van der Waals surface area contributed by atoms with Crippen LogP contribution in [0.15, 0.2) is 12.1 Å². The third-order valence-corrected chi connectivity index (χ3v) is 2.29. The first-order chi connectivity index (χ1) is 6.24. The van der Waals surface area contributed by atoms with E-state index in [2.05, 4.69) is 11.4 Å². The van der Waals surface area contributed by atoms with Crippen LogP contribution < -0.4 is 5.32 Å². The fraction of sp³-hybridized carbons (Fsp3) is 0.200. The van der Waals surface area contributed by atoms with Gasteiger partial charge in [0.25, 0.3) is 5.91 Å². The van der Waals surface area contributed by atoms with E-state index in [0.717, 1.165) is 11.1 Å². The van der Waals surface area contributed by atoms with E-state index in [0.29, 0.717) is 17.7 Å². The lowest BCUT2D eigenvalue weighted by Gasteiger charge is -2.01. The lowest BCUT2D eigenvalue weighted by molar-refractivity contribution is 0.0965. The number of hydrogen-bond acceptors (Lipinski definition) is 2. The largest absolute Gasteiger partial charge is 0.348 e. The summed E-state index contributed by atoms with van der Waals surface area (Å²) in [6.07, 6.45) is 0. The zero-order chi connectivity index (χ0) is 9.42. The summed E-state index contributed by atoms with van der Waals surface area (Å²) in [6.45, 7) is 2.36. The quantitative estimate of drug-likeness (QED) is 0.637. The van der Waals surface area contributed by atoms with Gasteiger partial charge in [0.05, 0.1) is 11.6 Å². The van der Waals surface area contributed by atoms with E-state index in [1.54, 1.807) is 6.07 Å². The molecule has 1 N–H and O–H groups in total. The third kappa shape index (κ3) is 0.994. The van der Waals surface area contributed by atoms with Crippen LogP contribution in [0.25, 0.3) is 0 Å². The van der Waals surface area contributed by atoms with Crippen LogP contribution in [0.3, 0.4) is 0 Å². The molecule has 0 atom stereocenters. The summed E-state index contributed by atoms with van der Waals surface area (Å²) in [5.41, 5.74) is 3.05. The molecular formula is C10H8N2O. The molecule has 0 fully saturated rings. The Bertz CT molecular complexity index is 429. The number of carbonyl (C=O) groups is 1. The molecular weight excluding hydrogens is 164 g/mol. The molecule has 3 heteroatoms. The molecule has 0 saturated heterocycles. The summed E-state index contributed by atoms with van der Waals surface area (Å²) in [5.74, 6) is -0.0652. The van der Waals surface area contributed by atoms with Gasteiger partial charge in [-0.1, -0.05) is 6.07 Å². The molecule has 0 spiro atoms. The molecule has 1 aromatic carbocycles. The van der Waals surface area contributed by atoms with Crippen LogP contribution >= 0.6 is 0 Å². The fourth-order valence-electron chi connectivity index (χ4n) is 1.63. The van der Waals surface area contributed by atoms with Crippen molar-refractivity contribution in [2.75, 3.05) is 0 Å². The number of nitrogens with one attached hydrogen (secondary N) is 1. The Morgan fingerprint density at radius 1 is 1.54 bits per heavy atom. The fourth-order valence-corrected chi connectivity index (χ4v) is 1.63. The van der Waals surface area contributed by atoms with Gasteiger partial charge in [-0.15, -0.1) is 0 Å². The first kappa shape index (κ1) is 7.81. The van der Waals surface area contributed by atoms with Gasteiger partial charge in [0.15, 0.2) is 0 Å². The summed E-state index contributed by atoms with van der Waals surface area (Å²) in [7, 11) is 0. The Labute approximate surface area is 76.0 Å². The number of aryl methyl sites for hydroxylation is 1. The standard InChI is InChI=1S/C10H8N2O/c1-6-2-3-7(4-11)8-5-12-10(13)9(6)8/h2-3H,5H2,1H3,(H,12,13). The number of rotatable bonds is 0. The molecule has 2 rings (SSSR count). The molecule has 3 nitrogen and oxygen atoms in total. The first-order valence-corrected chi connectivity index (χ1v) is 4.05. The number of amides is 1. The van der Waals surface area contributed by atoms with Crippen LogP contribution in [0.2, 0.25) is 0 Å². The summed E-state index contributed by atoms with van der Waals surface area (Å²) in [6, 6.07) is 5.65. The lowest BCUT2D eigenvalue weighted by Crippen LogP contribution is -2.13. The minimum Gasteiger partial charge on any atom is -0.348 e. The Morgan fingerprint density at radius 2 is 2.31 bits per heavy atom. The third-order valence-electron chi connectivity index (χ3n) is 2.29. The molecule has 0 aliphatic carbocycles. The smallest absolute Gasteiger partial charge is 0.252 e. The lowest BCUT2D eigenvalue weighted by atomic mass is 9.99. The Morgan fingerprint density at radius 3 is 3.00 bits per heavy atom. The van der Waals surface area contributed by atoms with E-state index in [4.69, 9.17) is 5.26 Å². The van der Waals surface area contributed by atoms with E-state index >= 15 is 0 Å². The second-order valence-corrected chi connectivity index (χ2v) is 3.08. The van der Waals surface area contributed by atoms with E-state index in [9.17, 15) is 4.79 Å². The van der Waals surface area contributed by atoms with Gasteiger partial charge < -0.3 is 5.32 Å². The second kappa shape index (κ2) is 2.60. The van der Waals surface area contributed by atoms with Crippen molar-refractivity contribution in [1.29, 1.82) is 5.26 Å². The van der Waals surface area contributed by atoms with E-state index in [-0.39, 0.29) is 5.91 Å². The van der Waals surface area contributed by atoms with E-state index in [1.165, 1.54) is 0 Å². The van der Waals surface area contributed by atoms with Crippen LogP contribution in [0.1, 0.15) is 27.0 Å². The predicted molar refractivity (Wildman–Crippen MR) is 47.1 cm³/mol. The van der Waals surface area contributed by atoms with Gasteiger partial charge in [-0.05, 0) is 18.6 Å². The summed E-state index contributed by atoms with van der Waals surface area (Å²) in [4.78, 5) is 11.3. The second-order valence-electron chi connectivity index (χ2n) is 3.08.